The minimum atomic E-state index is -0.569. The van der Waals surface area contributed by atoms with E-state index in [4.69, 9.17) is 0 Å². The molecule has 2 aromatic rings. The minimum absolute atomic E-state index is 0.0109. The number of hydrogen-bond donors (Lipinski definition) is 1. The Balaban J connectivity index is 2.28. The zero-order valence-corrected chi connectivity index (χ0v) is 14.0. The predicted molar refractivity (Wildman–Crippen MR) is 92.2 cm³/mol. The van der Waals surface area contributed by atoms with Crippen molar-refractivity contribution >= 4 is 17.5 Å². The second-order valence-electron chi connectivity index (χ2n) is 5.89. The molecule has 126 valence electrons. The van der Waals surface area contributed by atoms with Gasteiger partial charge in [-0.3, -0.25) is 9.59 Å². The SMILES string of the molecule is CC(=O)Nc1cc(C(=O)N(Cc2ccccc2)C(C)C)ccc1F. The first-order valence-corrected chi connectivity index (χ1v) is 7.80. The Morgan fingerprint density at radius 1 is 1.12 bits per heavy atom. The molecule has 5 heteroatoms. The number of rotatable bonds is 5. The number of anilines is 1. The number of carbonyl (C=O) groups is 2. The van der Waals surface area contributed by atoms with Crippen molar-refractivity contribution in [1.29, 1.82) is 0 Å². The second-order valence-corrected chi connectivity index (χ2v) is 5.89. The molecule has 0 saturated carbocycles. The quantitative estimate of drug-likeness (QED) is 0.907. The first-order valence-electron chi connectivity index (χ1n) is 7.80. The highest BCUT2D eigenvalue weighted by molar-refractivity contribution is 5.97. The molecule has 0 spiro atoms. The van der Waals surface area contributed by atoms with Gasteiger partial charge >= 0.3 is 0 Å². The van der Waals surface area contributed by atoms with Gasteiger partial charge in [0.1, 0.15) is 5.82 Å². The lowest BCUT2D eigenvalue weighted by molar-refractivity contribution is -0.114. The van der Waals surface area contributed by atoms with Crippen molar-refractivity contribution in [1.82, 2.24) is 4.90 Å². The van der Waals surface area contributed by atoms with E-state index in [9.17, 15) is 14.0 Å². The molecule has 0 atom stereocenters. The Bertz CT molecular complexity index is 729. The van der Waals surface area contributed by atoms with E-state index in [2.05, 4.69) is 5.32 Å². The van der Waals surface area contributed by atoms with Crippen LogP contribution in [0, 0.1) is 5.82 Å². The molecule has 2 amide bonds. The highest BCUT2D eigenvalue weighted by atomic mass is 19.1. The lowest BCUT2D eigenvalue weighted by Crippen LogP contribution is -2.36. The van der Waals surface area contributed by atoms with E-state index in [0.29, 0.717) is 12.1 Å². The molecule has 2 rings (SSSR count). The van der Waals surface area contributed by atoms with Gasteiger partial charge in [-0.05, 0) is 37.6 Å². The van der Waals surface area contributed by atoms with E-state index in [1.165, 1.54) is 25.1 Å². The number of nitrogens with one attached hydrogen (secondary N) is 1. The molecule has 24 heavy (non-hydrogen) atoms. The lowest BCUT2D eigenvalue weighted by Gasteiger charge is -2.27. The first kappa shape index (κ1) is 17.7. The number of benzene rings is 2. The standard InChI is InChI=1S/C19H21FN2O2/c1-13(2)22(12-15-7-5-4-6-8-15)19(24)16-9-10-17(20)18(11-16)21-14(3)23/h4-11,13H,12H2,1-3H3,(H,21,23). The van der Waals surface area contributed by atoms with Gasteiger partial charge < -0.3 is 10.2 Å². The van der Waals surface area contributed by atoms with Gasteiger partial charge in [0.15, 0.2) is 0 Å². The van der Waals surface area contributed by atoms with E-state index in [1.54, 1.807) is 4.90 Å². The number of nitrogens with zero attached hydrogens (tertiary/aromatic N) is 1. The summed E-state index contributed by atoms with van der Waals surface area (Å²) in [4.78, 5) is 25.7. The topological polar surface area (TPSA) is 49.4 Å². The molecule has 0 aliphatic rings. The van der Waals surface area contributed by atoms with E-state index < -0.39 is 5.82 Å². The average Bonchev–Trinajstić information content (AvgIpc) is 2.54. The number of carbonyl (C=O) groups excluding carboxylic acids is 2. The van der Waals surface area contributed by atoms with Crippen LogP contribution >= 0.6 is 0 Å². The molecule has 0 radical (unpaired) electrons. The zero-order chi connectivity index (χ0) is 17.7. The molecule has 0 aromatic heterocycles. The summed E-state index contributed by atoms with van der Waals surface area (Å²) in [5.74, 6) is -1.16. The highest BCUT2D eigenvalue weighted by Gasteiger charge is 2.20. The first-order chi connectivity index (χ1) is 11.4. The maximum Gasteiger partial charge on any atom is 0.254 e. The summed E-state index contributed by atoms with van der Waals surface area (Å²) in [6.45, 7) is 5.62. The Kier molecular flexibility index (Phi) is 5.68. The maximum absolute atomic E-state index is 13.8. The summed E-state index contributed by atoms with van der Waals surface area (Å²) >= 11 is 0. The van der Waals surface area contributed by atoms with Gasteiger partial charge in [0.25, 0.3) is 5.91 Å². The van der Waals surface area contributed by atoms with Crippen molar-refractivity contribution in [3.8, 4) is 0 Å². The minimum Gasteiger partial charge on any atom is -0.332 e. The summed E-state index contributed by atoms with van der Waals surface area (Å²) in [5, 5.41) is 2.40. The van der Waals surface area contributed by atoms with Crippen LogP contribution in [-0.2, 0) is 11.3 Å². The van der Waals surface area contributed by atoms with Crippen LogP contribution in [0.4, 0.5) is 10.1 Å². The van der Waals surface area contributed by atoms with Crippen LogP contribution in [0.15, 0.2) is 48.5 Å². The molecular formula is C19H21FN2O2. The Hall–Kier alpha value is -2.69. The molecule has 2 aromatic carbocycles. The van der Waals surface area contributed by atoms with Gasteiger partial charge in [-0.15, -0.1) is 0 Å². The van der Waals surface area contributed by atoms with Crippen LogP contribution in [0.3, 0.4) is 0 Å². The van der Waals surface area contributed by atoms with Gasteiger partial charge in [0.05, 0.1) is 5.69 Å². The van der Waals surface area contributed by atoms with Crippen molar-refractivity contribution in [2.24, 2.45) is 0 Å². The smallest absolute Gasteiger partial charge is 0.254 e. The Morgan fingerprint density at radius 2 is 1.79 bits per heavy atom. The summed E-state index contributed by atoms with van der Waals surface area (Å²) in [7, 11) is 0. The summed E-state index contributed by atoms with van der Waals surface area (Å²) in [5.41, 5.74) is 1.37. The third-order valence-corrected chi connectivity index (χ3v) is 3.60. The summed E-state index contributed by atoms with van der Waals surface area (Å²) in [6.07, 6.45) is 0. The molecule has 0 saturated heterocycles. The fraction of sp³-hybridized carbons (Fsp3) is 0.263. The number of halogens is 1. The lowest BCUT2D eigenvalue weighted by atomic mass is 10.1. The van der Waals surface area contributed by atoms with Crippen LogP contribution in [0.5, 0.6) is 0 Å². The molecule has 4 nitrogen and oxygen atoms in total. The van der Waals surface area contributed by atoms with E-state index in [1.807, 2.05) is 44.2 Å². The molecule has 0 fully saturated rings. The molecular weight excluding hydrogens is 307 g/mol. The van der Waals surface area contributed by atoms with E-state index in [0.717, 1.165) is 5.56 Å². The van der Waals surface area contributed by atoms with Crippen molar-refractivity contribution in [3.63, 3.8) is 0 Å². The van der Waals surface area contributed by atoms with Gasteiger partial charge in [-0.1, -0.05) is 30.3 Å². The Labute approximate surface area is 141 Å². The van der Waals surface area contributed by atoms with Crippen molar-refractivity contribution < 1.29 is 14.0 Å². The van der Waals surface area contributed by atoms with Gasteiger partial charge in [-0.25, -0.2) is 4.39 Å². The second kappa shape index (κ2) is 7.73. The van der Waals surface area contributed by atoms with Crippen LogP contribution in [0.1, 0.15) is 36.7 Å². The van der Waals surface area contributed by atoms with Crippen LogP contribution in [0.25, 0.3) is 0 Å². The molecule has 0 heterocycles. The van der Waals surface area contributed by atoms with Crippen LogP contribution in [-0.4, -0.2) is 22.8 Å². The average molecular weight is 328 g/mol. The number of hydrogen-bond acceptors (Lipinski definition) is 2. The third-order valence-electron chi connectivity index (χ3n) is 3.60. The summed E-state index contributed by atoms with van der Waals surface area (Å²) < 4.78 is 13.8. The van der Waals surface area contributed by atoms with Crippen LogP contribution in [0.2, 0.25) is 0 Å². The Morgan fingerprint density at radius 3 is 2.38 bits per heavy atom. The fourth-order valence-electron chi connectivity index (χ4n) is 2.38. The molecule has 0 bridgehead atoms. The maximum atomic E-state index is 13.8. The molecule has 0 aliphatic heterocycles. The zero-order valence-electron chi connectivity index (χ0n) is 14.0. The van der Waals surface area contributed by atoms with Gasteiger partial charge in [0.2, 0.25) is 5.91 Å². The third kappa shape index (κ3) is 4.41. The van der Waals surface area contributed by atoms with E-state index >= 15 is 0 Å². The molecule has 1 N–H and O–H groups in total. The number of amides is 2. The van der Waals surface area contributed by atoms with Gasteiger partial charge in [0, 0.05) is 25.1 Å². The molecule has 0 unspecified atom stereocenters. The van der Waals surface area contributed by atoms with Gasteiger partial charge in [-0.2, -0.15) is 0 Å². The normalized spacial score (nSPS) is 10.5. The predicted octanol–water partition coefficient (Wildman–Crippen LogP) is 3.83. The fourth-order valence-corrected chi connectivity index (χ4v) is 2.38. The summed E-state index contributed by atoms with van der Waals surface area (Å²) in [6, 6.07) is 13.7. The van der Waals surface area contributed by atoms with Crippen molar-refractivity contribution in [2.75, 3.05) is 5.32 Å². The monoisotopic (exact) mass is 328 g/mol. The molecule has 0 aliphatic carbocycles. The van der Waals surface area contributed by atoms with Crippen molar-refractivity contribution in [3.05, 3.63) is 65.5 Å². The highest BCUT2D eigenvalue weighted by Crippen LogP contribution is 2.19. The van der Waals surface area contributed by atoms with E-state index in [-0.39, 0.29) is 23.5 Å². The van der Waals surface area contributed by atoms with Crippen molar-refractivity contribution in [2.45, 2.75) is 33.4 Å². The van der Waals surface area contributed by atoms with Crippen LogP contribution < -0.4 is 5.32 Å². The largest absolute Gasteiger partial charge is 0.332 e.